The van der Waals surface area contributed by atoms with Crippen molar-refractivity contribution in [1.82, 2.24) is 10.6 Å². The van der Waals surface area contributed by atoms with Crippen LogP contribution < -0.4 is 20.1 Å². The molecule has 0 fully saturated rings. The third-order valence-corrected chi connectivity index (χ3v) is 6.14. The van der Waals surface area contributed by atoms with E-state index >= 15 is 0 Å². The number of rotatable bonds is 9. The van der Waals surface area contributed by atoms with Gasteiger partial charge in [-0.1, -0.05) is 42.5 Å². The molecule has 0 aliphatic heterocycles. The van der Waals surface area contributed by atoms with Crippen LogP contribution in [0, 0.1) is 0 Å². The number of nitrogens with one attached hydrogen (secondary N) is 3. The summed E-state index contributed by atoms with van der Waals surface area (Å²) in [5.74, 6) is -0.623. The first-order chi connectivity index (χ1) is 15.9. The van der Waals surface area contributed by atoms with Crippen molar-refractivity contribution < 1.29 is 22.7 Å². The smallest absolute Gasteiger partial charge is 0.261 e. The normalized spacial score (nSPS) is 10.8. The van der Waals surface area contributed by atoms with Gasteiger partial charge >= 0.3 is 0 Å². The van der Waals surface area contributed by atoms with Gasteiger partial charge in [0.15, 0.2) is 0 Å². The number of methoxy groups -OCH3 is 1. The Labute approximate surface area is 193 Å². The number of amides is 2. The molecule has 3 rings (SSSR count). The summed E-state index contributed by atoms with van der Waals surface area (Å²) in [6.45, 7) is 2.43. The summed E-state index contributed by atoms with van der Waals surface area (Å²) in [7, 11) is -2.70. The second kappa shape index (κ2) is 10.6. The van der Waals surface area contributed by atoms with Crippen LogP contribution in [-0.2, 0) is 16.6 Å². The molecule has 0 heterocycles. The standard InChI is InChI=1S/C24H25N3O5S/c1-3-25-24(29)20-15-18(13-14-22(20)32-2)33(30,31)27-21-12-8-7-11-19(21)23(28)26-16-17-9-5-4-6-10-17/h4-15,27H,3,16H2,1-2H3,(H,25,29)(H,26,28). The summed E-state index contributed by atoms with van der Waals surface area (Å²) in [5.41, 5.74) is 1.31. The van der Waals surface area contributed by atoms with Gasteiger partial charge in [-0.05, 0) is 42.8 Å². The molecule has 9 heteroatoms. The molecule has 8 nitrogen and oxygen atoms in total. The average molecular weight is 468 g/mol. The van der Waals surface area contributed by atoms with Gasteiger partial charge in [-0.15, -0.1) is 0 Å². The van der Waals surface area contributed by atoms with Crippen molar-refractivity contribution in [2.24, 2.45) is 0 Å². The Morgan fingerprint density at radius 1 is 0.848 bits per heavy atom. The summed E-state index contributed by atoms with van der Waals surface area (Å²) in [6.07, 6.45) is 0. The monoisotopic (exact) mass is 467 g/mol. The van der Waals surface area contributed by atoms with Crippen molar-refractivity contribution in [2.75, 3.05) is 18.4 Å². The molecule has 0 saturated heterocycles. The first-order valence-corrected chi connectivity index (χ1v) is 11.7. The van der Waals surface area contributed by atoms with Gasteiger partial charge in [0.1, 0.15) is 5.75 Å². The number of para-hydroxylation sites is 1. The van der Waals surface area contributed by atoms with Gasteiger partial charge in [0.2, 0.25) is 0 Å². The molecular weight excluding hydrogens is 442 g/mol. The van der Waals surface area contributed by atoms with Crippen molar-refractivity contribution in [3.63, 3.8) is 0 Å². The minimum atomic E-state index is -4.10. The first kappa shape index (κ1) is 23.8. The van der Waals surface area contributed by atoms with Crippen LogP contribution in [0.2, 0.25) is 0 Å². The molecular formula is C24H25N3O5S. The third-order valence-electron chi connectivity index (χ3n) is 4.78. The maximum Gasteiger partial charge on any atom is 0.261 e. The maximum absolute atomic E-state index is 13.1. The van der Waals surface area contributed by atoms with E-state index < -0.39 is 21.8 Å². The van der Waals surface area contributed by atoms with Gasteiger partial charge < -0.3 is 15.4 Å². The molecule has 3 aromatic rings. The lowest BCUT2D eigenvalue weighted by atomic mass is 10.1. The molecule has 0 bridgehead atoms. The lowest BCUT2D eigenvalue weighted by Crippen LogP contribution is -2.25. The molecule has 0 spiro atoms. The Kier molecular flexibility index (Phi) is 7.68. The average Bonchev–Trinajstić information content (AvgIpc) is 2.83. The minimum absolute atomic E-state index is 0.0936. The summed E-state index contributed by atoms with van der Waals surface area (Å²) in [6, 6.07) is 19.7. The van der Waals surface area contributed by atoms with Crippen LogP contribution in [0.3, 0.4) is 0 Å². The van der Waals surface area contributed by atoms with Gasteiger partial charge in [0.05, 0.1) is 28.8 Å². The van der Waals surface area contributed by atoms with Crippen LogP contribution in [-0.4, -0.2) is 33.9 Å². The van der Waals surface area contributed by atoms with Gasteiger partial charge in [-0.2, -0.15) is 0 Å². The number of benzene rings is 3. The highest BCUT2D eigenvalue weighted by Crippen LogP contribution is 2.25. The van der Waals surface area contributed by atoms with Crippen LogP contribution in [0.4, 0.5) is 5.69 Å². The summed E-state index contributed by atoms with van der Waals surface area (Å²) >= 11 is 0. The van der Waals surface area contributed by atoms with E-state index in [4.69, 9.17) is 4.74 Å². The molecule has 172 valence electrons. The molecule has 0 aromatic heterocycles. The zero-order valence-corrected chi connectivity index (χ0v) is 19.1. The van der Waals surface area contributed by atoms with Crippen LogP contribution in [0.1, 0.15) is 33.2 Å². The zero-order chi connectivity index (χ0) is 23.8. The van der Waals surface area contributed by atoms with Crippen LogP contribution in [0.5, 0.6) is 5.75 Å². The number of ether oxygens (including phenoxy) is 1. The molecule has 0 saturated carbocycles. The Morgan fingerprint density at radius 3 is 2.21 bits per heavy atom. The molecule has 0 aliphatic carbocycles. The SMILES string of the molecule is CCNC(=O)c1cc(S(=O)(=O)Nc2ccccc2C(=O)NCc2ccccc2)ccc1OC. The number of carbonyl (C=O) groups excluding carboxylic acids is 2. The molecule has 3 aromatic carbocycles. The zero-order valence-electron chi connectivity index (χ0n) is 18.3. The second-order valence-corrected chi connectivity index (χ2v) is 8.72. The Morgan fingerprint density at radius 2 is 1.52 bits per heavy atom. The number of carbonyl (C=O) groups is 2. The van der Waals surface area contributed by atoms with Crippen LogP contribution >= 0.6 is 0 Å². The van der Waals surface area contributed by atoms with Crippen molar-refractivity contribution >= 4 is 27.5 Å². The number of anilines is 1. The highest BCUT2D eigenvalue weighted by molar-refractivity contribution is 7.92. The molecule has 0 aliphatic rings. The van der Waals surface area contributed by atoms with Crippen molar-refractivity contribution in [2.45, 2.75) is 18.4 Å². The van der Waals surface area contributed by atoms with Crippen molar-refractivity contribution in [3.8, 4) is 5.75 Å². The molecule has 33 heavy (non-hydrogen) atoms. The van der Waals surface area contributed by atoms with Crippen LogP contribution in [0.15, 0.2) is 77.7 Å². The highest BCUT2D eigenvalue weighted by atomic mass is 32.2. The van der Waals surface area contributed by atoms with E-state index in [0.29, 0.717) is 13.1 Å². The predicted octanol–water partition coefficient (Wildman–Crippen LogP) is 3.18. The largest absolute Gasteiger partial charge is 0.496 e. The fraction of sp³-hybridized carbons (Fsp3) is 0.167. The third kappa shape index (κ3) is 5.89. The second-order valence-electron chi connectivity index (χ2n) is 7.04. The van der Waals surface area contributed by atoms with E-state index in [0.717, 1.165) is 5.56 Å². The molecule has 0 radical (unpaired) electrons. The van der Waals surface area contributed by atoms with E-state index in [1.807, 2.05) is 30.3 Å². The quantitative estimate of drug-likeness (QED) is 0.447. The topological polar surface area (TPSA) is 114 Å². The van der Waals surface area contributed by atoms with E-state index in [-0.39, 0.29) is 27.5 Å². The Bertz CT molecular complexity index is 1240. The molecule has 3 N–H and O–H groups in total. The first-order valence-electron chi connectivity index (χ1n) is 10.3. The van der Waals surface area contributed by atoms with Gasteiger partial charge in [0, 0.05) is 13.1 Å². The lowest BCUT2D eigenvalue weighted by Gasteiger charge is -2.14. The fourth-order valence-electron chi connectivity index (χ4n) is 3.13. The highest BCUT2D eigenvalue weighted by Gasteiger charge is 2.22. The number of sulfonamides is 1. The fourth-order valence-corrected chi connectivity index (χ4v) is 4.24. The van der Waals surface area contributed by atoms with E-state index in [9.17, 15) is 18.0 Å². The summed E-state index contributed by atoms with van der Waals surface area (Å²) < 4.78 is 33.8. The van der Waals surface area contributed by atoms with Crippen LogP contribution in [0.25, 0.3) is 0 Å². The van der Waals surface area contributed by atoms with Gasteiger partial charge in [-0.25, -0.2) is 8.42 Å². The number of hydrogen-bond donors (Lipinski definition) is 3. The minimum Gasteiger partial charge on any atom is -0.496 e. The maximum atomic E-state index is 13.1. The molecule has 0 atom stereocenters. The van der Waals surface area contributed by atoms with Crippen molar-refractivity contribution in [1.29, 1.82) is 0 Å². The van der Waals surface area contributed by atoms with Gasteiger partial charge in [0.25, 0.3) is 21.8 Å². The van der Waals surface area contributed by atoms with Crippen molar-refractivity contribution in [3.05, 3.63) is 89.5 Å². The molecule has 0 unspecified atom stereocenters. The lowest BCUT2D eigenvalue weighted by molar-refractivity contribution is 0.0944. The number of hydrogen-bond acceptors (Lipinski definition) is 5. The Hall–Kier alpha value is -3.85. The van der Waals surface area contributed by atoms with Gasteiger partial charge in [-0.3, -0.25) is 14.3 Å². The summed E-state index contributed by atoms with van der Waals surface area (Å²) in [4.78, 5) is 24.9. The van der Waals surface area contributed by atoms with E-state index in [1.54, 1.807) is 19.1 Å². The predicted molar refractivity (Wildman–Crippen MR) is 126 cm³/mol. The van der Waals surface area contributed by atoms with E-state index in [1.165, 1.54) is 37.4 Å². The van der Waals surface area contributed by atoms with E-state index in [2.05, 4.69) is 15.4 Å². The molecule has 2 amide bonds. The Balaban J connectivity index is 1.85. The summed E-state index contributed by atoms with van der Waals surface area (Å²) in [5, 5.41) is 5.42.